The number of hydrogen-bond donors (Lipinski definition) is 2. The Bertz CT molecular complexity index is 556. The lowest BCUT2D eigenvalue weighted by atomic mass is 9.93. The number of carbonyl (C=O) groups excluding carboxylic acids is 2. The van der Waals surface area contributed by atoms with Gasteiger partial charge in [0, 0.05) is 19.1 Å². The predicted molar refractivity (Wildman–Crippen MR) is 95.4 cm³/mol. The number of carbonyl (C=O) groups is 2. The molecule has 0 atom stereocenters. The first-order valence-corrected chi connectivity index (χ1v) is 9.10. The highest BCUT2D eigenvalue weighted by molar-refractivity contribution is 5.85. The van der Waals surface area contributed by atoms with Crippen LogP contribution in [-0.2, 0) is 16.1 Å². The van der Waals surface area contributed by atoms with Crippen LogP contribution in [0.5, 0.6) is 0 Å². The van der Waals surface area contributed by atoms with Gasteiger partial charge < -0.3 is 10.6 Å². The molecule has 5 nitrogen and oxygen atoms in total. The molecule has 1 saturated carbocycles. The van der Waals surface area contributed by atoms with Crippen LogP contribution in [0.1, 0.15) is 44.6 Å². The van der Waals surface area contributed by atoms with E-state index >= 15 is 0 Å². The minimum Gasteiger partial charge on any atom is -0.355 e. The van der Waals surface area contributed by atoms with E-state index in [2.05, 4.69) is 15.5 Å². The molecule has 1 aromatic rings. The van der Waals surface area contributed by atoms with E-state index in [4.69, 9.17) is 0 Å². The molecule has 0 aromatic heterocycles. The largest absolute Gasteiger partial charge is 0.355 e. The molecule has 1 fully saturated rings. The molecule has 1 aromatic carbocycles. The van der Waals surface area contributed by atoms with Crippen LogP contribution in [0.25, 0.3) is 0 Å². The third-order valence-corrected chi connectivity index (χ3v) is 4.56. The van der Waals surface area contributed by atoms with E-state index in [1.54, 1.807) is 12.1 Å². The number of amides is 2. The van der Waals surface area contributed by atoms with Gasteiger partial charge in [-0.3, -0.25) is 14.5 Å². The molecule has 2 amide bonds. The van der Waals surface area contributed by atoms with Gasteiger partial charge in [0.1, 0.15) is 5.82 Å². The lowest BCUT2D eigenvalue weighted by molar-refractivity contribution is -0.127. The van der Waals surface area contributed by atoms with Gasteiger partial charge in [0.2, 0.25) is 11.8 Å². The zero-order chi connectivity index (χ0) is 18.1. The van der Waals surface area contributed by atoms with Gasteiger partial charge in [0.25, 0.3) is 0 Å². The second-order valence-electron chi connectivity index (χ2n) is 6.55. The number of halogens is 1. The maximum Gasteiger partial charge on any atom is 0.239 e. The molecule has 0 unspecified atom stereocenters. The van der Waals surface area contributed by atoms with E-state index in [1.165, 1.54) is 31.4 Å². The summed E-state index contributed by atoms with van der Waals surface area (Å²) in [6.07, 6.45) is 5.73. The first-order chi connectivity index (χ1) is 12.1. The molecule has 138 valence electrons. The van der Waals surface area contributed by atoms with E-state index in [0.717, 1.165) is 18.4 Å². The minimum atomic E-state index is -0.257. The fourth-order valence-corrected chi connectivity index (χ4v) is 3.26. The summed E-state index contributed by atoms with van der Waals surface area (Å²) in [5.74, 6) is -0.592. The van der Waals surface area contributed by atoms with Gasteiger partial charge in [0.15, 0.2) is 0 Å². The molecule has 0 bridgehead atoms. The van der Waals surface area contributed by atoms with Crippen molar-refractivity contribution in [2.75, 3.05) is 19.6 Å². The van der Waals surface area contributed by atoms with Crippen molar-refractivity contribution in [2.24, 2.45) is 0 Å². The Balaban J connectivity index is 1.94. The second kappa shape index (κ2) is 10.1. The van der Waals surface area contributed by atoms with Crippen LogP contribution in [0, 0.1) is 5.82 Å². The van der Waals surface area contributed by atoms with Crippen molar-refractivity contribution in [1.82, 2.24) is 15.5 Å². The number of hydrogen-bond acceptors (Lipinski definition) is 3. The minimum absolute atomic E-state index is 0.00171. The maximum atomic E-state index is 13.1. The highest BCUT2D eigenvalue weighted by atomic mass is 19.1. The molecule has 1 aliphatic carbocycles. The van der Waals surface area contributed by atoms with E-state index in [9.17, 15) is 14.0 Å². The fraction of sp³-hybridized carbons (Fsp3) is 0.579. The van der Waals surface area contributed by atoms with Gasteiger partial charge in [-0.1, -0.05) is 31.4 Å². The lowest BCUT2D eigenvalue weighted by Crippen LogP contribution is -2.45. The van der Waals surface area contributed by atoms with Crippen molar-refractivity contribution in [3.8, 4) is 0 Å². The summed E-state index contributed by atoms with van der Waals surface area (Å²) < 4.78 is 13.1. The van der Waals surface area contributed by atoms with Crippen LogP contribution in [0.4, 0.5) is 4.39 Å². The molecule has 0 aliphatic heterocycles. The van der Waals surface area contributed by atoms with Crippen molar-refractivity contribution in [1.29, 1.82) is 0 Å². The van der Waals surface area contributed by atoms with Crippen LogP contribution < -0.4 is 10.6 Å². The van der Waals surface area contributed by atoms with E-state index in [0.29, 0.717) is 19.1 Å². The molecule has 2 rings (SSSR count). The molecule has 25 heavy (non-hydrogen) atoms. The third kappa shape index (κ3) is 6.82. The van der Waals surface area contributed by atoms with Crippen molar-refractivity contribution in [3.05, 3.63) is 35.6 Å². The van der Waals surface area contributed by atoms with Crippen molar-refractivity contribution in [2.45, 2.75) is 51.6 Å². The molecular formula is C19H28FN3O2. The van der Waals surface area contributed by atoms with Gasteiger partial charge >= 0.3 is 0 Å². The number of rotatable bonds is 8. The Morgan fingerprint density at radius 1 is 1.08 bits per heavy atom. The highest BCUT2D eigenvalue weighted by Crippen LogP contribution is 2.24. The topological polar surface area (TPSA) is 61.4 Å². The molecule has 0 heterocycles. The van der Waals surface area contributed by atoms with Gasteiger partial charge in [0.05, 0.1) is 13.1 Å². The third-order valence-electron chi connectivity index (χ3n) is 4.56. The van der Waals surface area contributed by atoms with Gasteiger partial charge in [-0.2, -0.15) is 0 Å². The molecule has 0 spiro atoms. The standard InChI is InChI=1S/C19H28FN3O2/c1-2-21-18(24)12-22-19(25)14-23(17-6-4-3-5-7-17)13-15-8-10-16(20)11-9-15/h8-11,17H,2-7,12-14H2,1H3,(H,21,24)(H,22,25). The average Bonchev–Trinajstić information content (AvgIpc) is 2.62. The summed E-state index contributed by atoms with van der Waals surface area (Å²) in [6, 6.07) is 6.77. The Hall–Kier alpha value is -1.95. The van der Waals surface area contributed by atoms with Crippen molar-refractivity contribution >= 4 is 11.8 Å². The summed E-state index contributed by atoms with van der Waals surface area (Å²) in [5.41, 5.74) is 0.989. The summed E-state index contributed by atoms with van der Waals surface area (Å²) in [6.45, 7) is 3.25. The molecule has 0 saturated heterocycles. The maximum absolute atomic E-state index is 13.1. The average molecular weight is 349 g/mol. The van der Waals surface area contributed by atoms with E-state index in [-0.39, 0.29) is 30.7 Å². The number of likely N-dealkylation sites (N-methyl/N-ethyl adjacent to an activating group) is 1. The van der Waals surface area contributed by atoms with Crippen LogP contribution in [-0.4, -0.2) is 42.4 Å². The Morgan fingerprint density at radius 3 is 2.40 bits per heavy atom. The Morgan fingerprint density at radius 2 is 1.76 bits per heavy atom. The van der Waals surface area contributed by atoms with E-state index in [1.807, 2.05) is 6.92 Å². The Kier molecular flexibility index (Phi) is 7.85. The zero-order valence-corrected chi connectivity index (χ0v) is 14.9. The van der Waals surface area contributed by atoms with Gasteiger partial charge in [-0.25, -0.2) is 4.39 Å². The zero-order valence-electron chi connectivity index (χ0n) is 14.9. The van der Waals surface area contributed by atoms with Crippen molar-refractivity contribution in [3.63, 3.8) is 0 Å². The second-order valence-corrected chi connectivity index (χ2v) is 6.55. The number of nitrogens with zero attached hydrogens (tertiary/aromatic N) is 1. The smallest absolute Gasteiger partial charge is 0.239 e. The van der Waals surface area contributed by atoms with Crippen molar-refractivity contribution < 1.29 is 14.0 Å². The summed E-state index contributed by atoms with van der Waals surface area (Å²) in [5, 5.41) is 5.34. The first kappa shape index (κ1) is 19.4. The van der Waals surface area contributed by atoms with Gasteiger partial charge in [-0.05, 0) is 37.5 Å². The monoisotopic (exact) mass is 349 g/mol. The summed E-state index contributed by atoms with van der Waals surface area (Å²) >= 11 is 0. The normalized spacial score (nSPS) is 15.2. The quantitative estimate of drug-likeness (QED) is 0.756. The summed E-state index contributed by atoms with van der Waals surface area (Å²) in [7, 11) is 0. The SMILES string of the molecule is CCNC(=O)CNC(=O)CN(Cc1ccc(F)cc1)C1CCCCC1. The van der Waals surface area contributed by atoms with Crippen LogP contribution in [0.3, 0.4) is 0 Å². The predicted octanol–water partition coefficient (Wildman–Crippen LogP) is 2.21. The Labute approximate surface area is 149 Å². The number of nitrogens with one attached hydrogen (secondary N) is 2. The molecule has 1 aliphatic rings. The van der Waals surface area contributed by atoms with Crippen LogP contribution >= 0.6 is 0 Å². The first-order valence-electron chi connectivity index (χ1n) is 9.10. The molecule has 2 N–H and O–H groups in total. The van der Waals surface area contributed by atoms with E-state index < -0.39 is 0 Å². The molecule has 0 radical (unpaired) electrons. The fourth-order valence-electron chi connectivity index (χ4n) is 3.26. The van der Waals surface area contributed by atoms with Crippen LogP contribution in [0.15, 0.2) is 24.3 Å². The van der Waals surface area contributed by atoms with Gasteiger partial charge in [-0.15, -0.1) is 0 Å². The lowest BCUT2D eigenvalue weighted by Gasteiger charge is -2.34. The molecular weight excluding hydrogens is 321 g/mol. The number of benzene rings is 1. The molecule has 6 heteroatoms. The summed E-state index contributed by atoms with van der Waals surface area (Å²) in [4.78, 5) is 25.9. The highest BCUT2D eigenvalue weighted by Gasteiger charge is 2.23. The van der Waals surface area contributed by atoms with Crippen LogP contribution in [0.2, 0.25) is 0 Å².